The predicted molar refractivity (Wildman–Crippen MR) is 67.0 cm³/mol. The van der Waals surface area contributed by atoms with Crippen molar-refractivity contribution in [1.29, 1.82) is 0 Å². The van der Waals surface area contributed by atoms with Crippen LogP contribution >= 0.6 is 35.6 Å². The lowest BCUT2D eigenvalue weighted by molar-refractivity contribution is 0.280. The molecule has 0 spiro atoms. The Morgan fingerprint density at radius 2 is 1.93 bits per heavy atom. The van der Waals surface area contributed by atoms with Crippen LogP contribution in [0.1, 0.15) is 24.4 Å². The smallest absolute Gasteiger partial charge is 0.0595 e. The molecule has 5 heteroatoms. The zero-order valence-corrected chi connectivity index (χ0v) is 10.4. The largest absolute Gasteiger partial charge is 0.396 e. The molecule has 0 heterocycles. The van der Waals surface area contributed by atoms with E-state index in [0.717, 1.165) is 12.0 Å². The summed E-state index contributed by atoms with van der Waals surface area (Å²) in [7, 11) is 0. The zero-order chi connectivity index (χ0) is 10.6. The van der Waals surface area contributed by atoms with Gasteiger partial charge in [-0.3, -0.25) is 0 Å². The van der Waals surface area contributed by atoms with Gasteiger partial charge in [0.05, 0.1) is 10.0 Å². The molecule has 0 saturated carbocycles. The van der Waals surface area contributed by atoms with Crippen LogP contribution in [0.2, 0.25) is 10.0 Å². The fraction of sp³-hybridized carbons (Fsp3) is 0.400. The van der Waals surface area contributed by atoms with Crippen molar-refractivity contribution >= 4 is 35.6 Å². The number of nitrogens with two attached hydrogens (primary N) is 1. The highest BCUT2D eigenvalue weighted by Crippen LogP contribution is 2.26. The van der Waals surface area contributed by atoms with Crippen LogP contribution in [0.4, 0.5) is 0 Å². The number of benzene rings is 1. The Bertz CT molecular complexity index is 307. The maximum atomic E-state index is 8.66. The number of hydrogen-bond acceptors (Lipinski definition) is 2. The third kappa shape index (κ3) is 4.58. The minimum Gasteiger partial charge on any atom is -0.396 e. The second kappa shape index (κ2) is 7.31. The van der Waals surface area contributed by atoms with E-state index in [9.17, 15) is 0 Å². The van der Waals surface area contributed by atoms with Crippen LogP contribution in [0.3, 0.4) is 0 Å². The first kappa shape index (κ1) is 15.0. The van der Waals surface area contributed by atoms with Crippen molar-refractivity contribution in [1.82, 2.24) is 0 Å². The van der Waals surface area contributed by atoms with Gasteiger partial charge in [0.25, 0.3) is 0 Å². The standard InChI is InChI=1S/C10H13Cl2NO.ClH/c11-8-4-3-7(6-9(8)12)10(13)2-1-5-14;/h3-4,6,10,14H,1-2,5,13H2;1H/t10-;/m0./s1. The first-order chi connectivity index (χ1) is 6.65. The average Bonchev–Trinajstić information content (AvgIpc) is 2.18. The third-order valence-electron chi connectivity index (χ3n) is 2.05. The lowest BCUT2D eigenvalue weighted by atomic mass is 10.0. The second-order valence-corrected chi connectivity index (χ2v) is 3.96. The molecule has 0 unspecified atom stereocenters. The highest BCUT2D eigenvalue weighted by atomic mass is 35.5. The molecule has 0 amide bonds. The quantitative estimate of drug-likeness (QED) is 0.883. The summed E-state index contributed by atoms with van der Waals surface area (Å²) in [5.74, 6) is 0. The summed E-state index contributed by atoms with van der Waals surface area (Å²) in [5, 5.41) is 9.71. The van der Waals surface area contributed by atoms with Crippen LogP contribution in [0, 0.1) is 0 Å². The normalized spacial score (nSPS) is 12.0. The molecule has 0 aliphatic heterocycles. The van der Waals surface area contributed by atoms with E-state index in [1.54, 1.807) is 12.1 Å². The van der Waals surface area contributed by atoms with Crippen LogP contribution in [0.25, 0.3) is 0 Å². The first-order valence-electron chi connectivity index (χ1n) is 4.46. The molecule has 1 aromatic carbocycles. The molecule has 0 radical (unpaired) electrons. The van der Waals surface area contributed by atoms with E-state index in [-0.39, 0.29) is 25.1 Å². The van der Waals surface area contributed by atoms with Crippen LogP contribution in [0.5, 0.6) is 0 Å². The maximum Gasteiger partial charge on any atom is 0.0595 e. The van der Waals surface area contributed by atoms with Crippen molar-refractivity contribution in [3.05, 3.63) is 33.8 Å². The highest BCUT2D eigenvalue weighted by Gasteiger charge is 2.07. The molecule has 86 valence electrons. The monoisotopic (exact) mass is 269 g/mol. The molecule has 1 aromatic rings. The fourth-order valence-corrected chi connectivity index (χ4v) is 1.53. The number of hydrogen-bond donors (Lipinski definition) is 2. The van der Waals surface area contributed by atoms with Crippen LogP contribution < -0.4 is 5.73 Å². The first-order valence-corrected chi connectivity index (χ1v) is 5.22. The van der Waals surface area contributed by atoms with Gasteiger partial charge < -0.3 is 10.8 Å². The van der Waals surface area contributed by atoms with Gasteiger partial charge >= 0.3 is 0 Å². The van der Waals surface area contributed by atoms with Gasteiger partial charge in [0.1, 0.15) is 0 Å². The predicted octanol–water partition coefficient (Wildman–Crippen LogP) is 3.19. The Kier molecular flexibility index (Phi) is 7.32. The van der Waals surface area contributed by atoms with Gasteiger partial charge in [0, 0.05) is 12.6 Å². The molecule has 0 fully saturated rings. The van der Waals surface area contributed by atoms with Crippen LogP contribution in [0.15, 0.2) is 18.2 Å². The lowest BCUT2D eigenvalue weighted by Gasteiger charge is -2.11. The number of halogens is 3. The molecule has 2 nitrogen and oxygen atoms in total. The van der Waals surface area contributed by atoms with E-state index in [2.05, 4.69) is 0 Å². The molecule has 0 aliphatic rings. The minimum absolute atomic E-state index is 0. The lowest BCUT2D eigenvalue weighted by Crippen LogP contribution is -2.10. The Balaban J connectivity index is 0.00000196. The molecule has 1 atom stereocenters. The summed E-state index contributed by atoms with van der Waals surface area (Å²) in [6.45, 7) is 0.162. The maximum absolute atomic E-state index is 8.66. The molecule has 3 N–H and O–H groups in total. The second-order valence-electron chi connectivity index (χ2n) is 3.15. The minimum atomic E-state index is -0.0862. The molecular weight excluding hydrogens is 256 g/mol. The van der Waals surface area contributed by atoms with E-state index in [4.69, 9.17) is 34.0 Å². The summed E-state index contributed by atoms with van der Waals surface area (Å²) in [6.07, 6.45) is 1.44. The van der Waals surface area contributed by atoms with E-state index < -0.39 is 0 Å². The van der Waals surface area contributed by atoms with Gasteiger partial charge in [0.15, 0.2) is 0 Å². The van der Waals surface area contributed by atoms with Crippen molar-refractivity contribution in [2.75, 3.05) is 6.61 Å². The van der Waals surface area contributed by atoms with Crippen molar-refractivity contribution in [3.8, 4) is 0 Å². The Morgan fingerprint density at radius 1 is 1.27 bits per heavy atom. The highest BCUT2D eigenvalue weighted by molar-refractivity contribution is 6.42. The SMILES string of the molecule is Cl.N[C@@H](CCCO)c1ccc(Cl)c(Cl)c1. The van der Waals surface area contributed by atoms with Gasteiger partial charge in [-0.2, -0.15) is 0 Å². The summed E-state index contributed by atoms with van der Waals surface area (Å²) >= 11 is 11.6. The van der Waals surface area contributed by atoms with Crippen molar-refractivity contribution in [2.24, 2.45) is 5.73 Å². The molecule has 0 saturated heterocycles. The van der Waals surface area contributed by atoms with Crippen molar-refractivity contribution < 1.29 is 5.11 Å². The molecule has 0 aliphatic carbocycles. The van der Waals surface area contributed by atoms with Gasteiger partial charge in [-0.25, -0.2) is 0 Å². The Morgan fingerprint density at radius 3 is 2.47 bits per heavy atom. The fourth-order valence-electron chi connectivity index (χ4n) is 1.22. The Hall–Kier alpha value is 0.01000. The molecule has 1 rings (SSSR count). The molecule has 15 heavy (non-hydrogen) atoms. The van der Waals surface area contributed by atoms with E-state index in [1.807, 2.05) is 6.07 Å². The summed E-state index contributed by atoms with van der Waals surface area (Å²) < 4.78 is 0. The van der Waals surface area contributed by atoms with Crippen molar-refractivity contribution in [3.63, 3.8) is 0 Å². The number of aliphatic hydroxyl groups is 1. The average molecular weight is 271 g/mol. The number of rotatable bonds is 4. The van der Waals surface area contributed by atoms with Gasteiger partial charge in [-0.05, 0) is 30.5 Å². The molecular formula is C10H14Cl3NO. The van der Waals surface area contributed by atoms with Gasteiger partial charge in [-0.15, -0.1) is 12.4 Å². The number of aliphatic hydroxyl groups excluding tert-OH is 1. The molecule has 0 bridgehead atoms. The van der Waals surface area contributed by atoms with Gasteiger partial charge in [0.2, 0.25) is 0 Å². The van der Waals surface area contributed by atoms with E-state index in [0.29, 0.717) is 16.5 Å². The zero-order valence-electron chi connectivity index (χ0n) is 8.12. The summed E-state index contributed by atoms with van der Waals surface area (Å²) in [6, 6.07) is 5.28. The topological polar surface area (TPSA) is 46.2 Å². The van der Waals surface area contributed by atoms with Crippen molar-refractivity contribution in [2.45, 2.75) is 18.9 Å². The van der Waals surface area contributed by atoms with Gasteiger partial charge in [-0.1, -0.05) is 29.3 Å². The Labute approximate surface area is 106 Å². The molecule has 0 aromatic heterocycles. The van der Waals surface area contributed by atoms with Crippen LogP contribution in [-0.4, -0.2) is 11.7 Å². The third-order valence-corrected chi connectivity index (χ3v) is 2.78. The summed E-state index contributed by atoms with van der Waals surface area (Å²) in [5.41, 5.74) is 6.84. The van der Waals surface area contributed by atoms with E-state index >= 15 is 0 Å². The van der Waals surface area contributed by atoms with Crippen LogP contribution in [-0.2, 0) is 0 Å². The van der Waals surface area contributed by atoms with E-state index in [1.165, 1.54) is 0 Å². The summed E-state index contributed by atoms with van der Waals surface area (Å²) in [4.78, 5) is 0.